The molecular formula is C10H12BrNO2. The van der Waals surface area contributed by atoms with Gasteiger partial charge in [-0.25, -0.2) is 0 Å². The van der Waals surface area contributed by atoms with Crippen LogP contribution < -0.4 is 5.32 Å². The Hall–Kier alpha value is -0.870. The molecule has 1 rings (SSSR count). The summed E-state index contributed by atoms with van der Waals surface area (Å²) in [5, 5.41) is 2.78. The number of halogens is 1. The van der Waals surface area contributed by atoms with Crippen molar-refractivity contribution in [2.75, 3.05) is 19.0 Å². The maximum Gasteiger partial charge on any atom is 0.226 e. The Morgan fingerprint density at radius 1 is 1.50 bits per heavy atom. The second kappa shape index (κ2) is 5.78. The summed E-state index contributed by atoms with van der Waals surface area (Å²) in [6.45, 7) is 0.441. The summed E-state index contributed by atoms with van der Waals surface area (Å²) in [4.78, 5) is 11.3. The van der Waals surface area contributed by atoms with Crippen molar-refractivity contribution in [1.29, 1.82) is 0 Å². The molecule has 4 heteroatoms. The normalized spacial score (nSPS) is 9.86. The van der Waals surface area contributed by atoms with Crippen LogP contribution in [0, 0.1) is 0 Å². The van der Waals surface area contributed by atoms with Gasteiger partial charge in [0.15, 0.2) is 0 Å². The third-order valence-corrected chi connectivity index (χ3v) is 2.37. The van der Waals surface area contributed by atoms with Crippen LogP contribution in [0.3, 0.4) is 0 Å². The molecule has 1 aromatic carbocycles. The number of para-hydroxylation sites is 1. The summed E-state index contributed by atoms with van der Waals surface area (Å²) in [5.41, 5.74) is 0.786. The van der Waals surface area contributed by atoms with Gasteiger partial charge in [0.05, 0.1) is 18.7 Å². The predicted octanol–water partition coefficient (Wildman–Crippen LogP) is 2.42. The number of nitrogens with one attached hydrogen (secondary N) is 1. The maximum atomic E-state index is 11.3. The largest absolute Gasteiger partial charge is 0.384 e. The highest BCUT2D eigenvalue weighted by molar-refractivity contribution is 9.10. The van der Waals surface area contributed by atoms with Crippen LogP contribution in [0.4, 0.5) is 5.69 Å². The van der Waals surface area contributed by atoms with Crippen molar-refractivity contribution in [2.45, 2.75) is 6.42 Å². The zero-order valence-corrected chi connectivity index (χ0v) is 9.50. The summed E-state index contributed by atoms with van der Waals surface area (Å²) < 4.78 is 5.69. The van der Waals surface area contributed by atoms with E-state index in [4.69, 9.17) is 4.74 Å². The molecule has 76 valence electrons. The van der Waals surface area contributed by atoms with Gasteiger partial charge in [-0.15, -0.1) is 0 Å². The number of benzene rings is 1. The molecular weight excluding hydrogens is 246 g/mol. The van der Waals surface area contributed by atoms with Crippen LogP contribution in [0.1, 0.15) is 6.42 Å². The number of carbonyl (C=O) groups is 1. The van der Waals surface area contributed by atoms with Crippen LogP contribution in [0.15, 0.2) is 28.7 Å². The van der Waals surface area contributed by atoms with Crippen LogP contribution in [0.5, 0.6) is 0 Å². The lowest BCUT2D eigenvalue weighted by Crippen LogP contribution is -2.13. The molecule has 0 saturated heterocycles. The SMILES string of the molecule is COCCC(=O)Nc1ccccc1Br. The van der Waals surface area contributed by atoms with E-state index in [0.29, 0.717) is 13.0 Å². The monoisotopic (exact) mass is 257 g/mol. The molecule has 0 aliphatic heterocycles. The molecule has 1 aromatic rings. The molecule has 0 atom stereocenters. The van der Waals surface area contributed by atoms with Crippen LogP contribution in [-0.2, 0) is 9.53 Å². The highest BCUT2D eigenvalue weighted by atomic mass is 79.9. The van der Waals surface area contributed by atoms with Crippen molar-refractivity contribution < 1.29 is 9.53 Å². The fourth-order valence-electron chi connectivity index (χ4n) is 0.970. The highest BCUT2D eigenvalue weighted by Crippen LogP contribution is 2.21. The van der Waals surface area contributed by atoms with Crippen LogP contribution >= 0.6 is 15.9 Å². The fraction of sp³-hybridized carbons (Fsp3) is 0.300. The van der Waals surface area contributed by atoms with Gasteiger partial charge >= 0.3 is 0 Å². The molecule has 1 amide bonds. The second-order valence-electron chi connectivity index (χ2n) is 2.77. The molecule has 0 radical (unpaired) electrons. The van der Waals surface area contributed by atoms with Gasteiger partial charge in [-0.3, -0.25) is 4.79 Å². The Labute approximate surface area is 91.6 Å². The van der Waals surface area contributed by atoms with E-state index in [0.717, 1.165) is 10.2 Å². The van der Waals surface area contributed by atoms with Crippen molar-refractivity contribution in [1.82, 2.24) is 0 Å². The molecule has 0 bridgehead atoms. The van der Waals surface area contributed by atoms with E-state index < -0.39 is 0 Å². The van der Waals surface area contributed by atoms with Crippen LogP contribution in [0.2, 0.25) is 0 Å². The number of rotatable bonds is 4. The first-order chi connectivity index (χ1) is 6.74. The van der Waals surface area contributed by atoms with Crippen molar-refractivity contribution in [3.63, 3.8) is 0 Å². The minimum atomic E-state index is -0.0428. The number of hydrogen-bond acceptors (Lipinski definition) is 2. The Bertz CT molecular complexity index is 315. The Morgan fingerprint density at radius 3 is 2.86 bits per heavy atom. The molecule has 14 heavy (non-hydrogen) atoms. The average Bonchev–Trinajstić information content (AvgIpc) is 2.18. The van der Waals surface area contributed by atoms with Gasteiger partial charge in [0.25, 0.3) is 0 Å². The van der Waals surface area contributed by atoms with E-state index in [2.05, 4.69) is 21.2 Å². The number of hydrogen-bond donors (Lipinski definition) is 1. The molecule has 0 unspecified atom stereocenters. The molecule has 1 N–H and O–H groups in total. The number of amides is 1. The fourth-order valence-corrected chi connectivity index (χ4v) is 1.35. The zero-order chi connectivity index (χ0) is 10.4. The van der Waals surface area contributed by atoms with Crippen molar-refractivity contribution in [2.24, 2.45) is 0 Å². The standard InChI is InChI=1S/C10H12BrNO2/c1-14-7-6-10(13)12-9-5-3-2-4-8(9)11/h2-5H,6-7H2,1H3,(H,12,13). The molecule has 0 aliphatic carbocycles. The van der Waals surface area contributed by atoms with E-state index in [1.807, 2.05) is 24.3 Å². The number of anilines is 1. The average molecular weight is 258 g/mol. The predicted molar refractivity (Wildman–Crippen MR) is 59.3 cm³/mol. The summed E-state index contributed by atoms with van der Waals surface area (Å²) in [6, 6.07) is 7.49. The van der Waals surface area contributed by atoms with Gasteiger partial charge in [0.1, 0.15) is 0 Å². The highest BCUT2D eigenvalue weighted by Gasteiger charge is 2.03. The van der Waals surface area contributed by atoms with Crippen molar-refractivity contribution in [3.05, 3.63) is 28.7 Å². The van der Waals surface area contributed by atoms with E-state index in [1.165, 1.54) is 0 Å². The first-order valence-corrected chi connectivity index (χ1v) is 5.06. The summed E-state index contributed by atoms with van der Waals surface area (Å²) >= 11 is 3.35. The Morgan fingerprint density at radius 2 is 2.21 bits per heavy atom. The smallest absolute Gasteiger partial charge is 0.226 e. The first-order valence-electron chi connectivity index (χ1n) is 4.27. The van der Waals surface area contributed by atoms with Crippen LogP contribution in [-0.4, -0.2) is 19.6 Å². The summed E-state index contributed by atoms with van der Waals surface area (Å²) in [6.07, 6.45) is 0.373. The third-order valence-electron chi connectivity index (χ3n) is 1.68. The van der Waals surface area contributed by atoms with Gasteiger partial charge in [0.2, 0.25) is 5.91 Å². The van der Waals surface area contributed by atoms with Crippen LogP contribution in [0.25, 0.3) is 0 Å². The van der Waals surface area contributed by atoms with E-state index in [9.17, 15) is 4.79 Å². The van der Waals surface area contributed by atoms with E-state index in [-0.39, 0.29) is 5.91 Å². The topological polar surface area (TPSA) is 38.3 Å². The summed E-state index contributed by atoms with van der Waals surface area (Å²) in [7, 11) is 1.58. The third kappa shape index (κ3) is 3.47. The Kier molecular flexibility index (Phi) is 4.62. The zero-order valence-electron chi connectivity index (χ0n) is 7.92. The minimum absolute atomic E-state index is 0.0428. The molecule has 0 aliphatic rings. The number of carbonyl (C=O) groups excluding carboxylic acids is 1. The summed E-state index contributed by atoms with van der Waals surface area (Å²) in [5.74, 6) is -0.0428. The minimum Gasteiger partial charge on any atom is -0.384 e. The Balaban J connectivity index is 2.52. The van der Waals surface area contributed by atoms with Crippen molar-refractivity contribution in [3.8, 4) is 0 Å². The van der Waals surface area contributed by atoms with Gasteiger partial charge in [-0.2, -0.15) is 0 Å². The van der Waals surface area contributed by atoms with Gasteiger partial charge in [-0.1, -0.05) is 12.1 Å². The van der Waals surface area contributed by atoms with E-state index in [1.54, 1.807) is 7.11 Å². The first kappa shape index (κ1) is 11.2. The lowest BCUT2D eigenvalue weighted by atomic mass is 10.3. The van der Waals surface area contributed by atoms with Gasteiger partial charge < -0.3 is 10.1 Å². The molecule has 0 saturated carbocycles. The van der Waals surface area contributed by atoms with E-state index >= 15 is 0 Å². The molecule has 0 spiro atoms. The second-order valence-corrected chi connectivity index (χ2v) is 3.63. The van der Waals surface area contributed by atoms with Crippen molar-refractivity contribution >= 4 is 27.5 Å². The maximum absolute atomic E-state index is 11.3. The lowest BCUT2D eigenvalue weighted by Gasteiger charge is -2.06. The molecule has 0 aromatic heterocycles. The molecule has 0 fully saturated rings. The number of ether oxygens (including phenoxy) is 1. The molecule has 3 nitrogen and oxygen atoms in total. The number of methoxy groups -OCH3 is 1. The lowest BCUT2D eigenvalue weighted by molar-refractivity contribution is -0.117. The van der Waals surface area contributed by atoms with Gasteiger partial charge in [-0.05, 0) is 28.1 Å². The molecule has 0 heterocycles. The van der Waals surface area contributed by atoms with Gasteiger partial charge in [0, 0.05) is 11.6 Å². The quantitative estimate of drug-likeness (QED) is 0.900.